The molecule has 0 aliphatic heterocycles. The number of rotatable bonds is 8. The Morgan fingerprint density at radius 3 is 2.32 bits per heavy atom. The summed E-state index contributed by atoms with van der Waals surface area (Å²) in [7, 11) is -1.47. The van der Waals surface area contributed by atoms with E-state index < -0.39 is 21.6 Å². The maximum absolute atomic E-state index is 12.5. The first-order valence-electron chi connectivity index (χ1n) is 7.48. The average Bonchev–Trinajstić information content (AvgIpc) is 2.52. The van der Waals surface area contributed by atoms with Crippen molar-refractivity contribution in [2.45, 2.75) is 12.7 Å². The normalized spacial score (nSPS) is 12.9. The first-order valence-corrected chi connectivity index (χ1v) is 9.54. The van der Waals surface area contributed by atoms with Crippen LogP contribution in [0.5, 0.6) is 0 Å². The Labute approximate surface area is 145 Å². The number of ether oxygens (including phenoxy) is 1. The Morgan fingerprint density at radius 2 is 1.80 bits per heavy atom. The summed E-state index contributed by atoms with van der Waals surface area (Å²) in [5.41, 5.74) is -0.00893. The van der Waals surface area contributed by atoms with Gasteiger partial charge in [0.2, 0.25) is 0 Å². The van der Waals surface area contributed by atoms with Gasteiger partial charge in [-0.2, -0.15) is 13.2 Å². The van der Waals surface area contributed by atoms with E-state index in [4.69, 9.17) is 4.74 Å². The molecule has 0 amide bonds. The molecule has 0 radical (unpaired) electrons. The van der Waals surface area contributed by atoms with E-state index in [1.54, 1.807) is 7.05 Å². The van der Waals surface area contributed by atoms with Gasteiger partial charge in [0.25, 0.3) is 0 Å². The van der Waals surface area contributed by atoms with Crippen molar-refractivity contribution < 1.29 is 26.3 Å². The van der Waals surface area contributed by atoms with Gasteiger partial charge in [-0.05, 0) is 17.7 Å². The first kappa shape index (κ1) is 21.2. The van der Waals surface area contributed by atoms with E-state index >= 15 is 0 Å². The Morgan fingerprint density at radius 1 is 1.16 bits per heavy atom. The SMILES string of the molecule is CN=C(NCCOCCS(C)(=O)=O)NCc1ccc(C(F)(F)F)cc1. The lowest BCUT2D eigenvalue weighted by Gasteiger charge is -2.13. The molecule has 0 spiro atoms. The van der Waals surface area contributed by atoms with Crippen molar-refractivity contribution >= 4 is 15.8 Å². The van der Waals surface area contributed by atoms with Crippen LogP contribution < -0.4 is 10.6 Å². The summed E-state index contributed by atoms with van der Waals surface area (Å²) in [4.78, 5) is 3.98. The van der Waals surface area contributed by atoms with E-state index in [1.807, 2.05) is 0 Å². The third-order valence-corrected chi connectivity index (χ3v) is 4.01. The summed E-state index contributed by atoms with van der Waals surface area (Å²) < 4.78 is 64.5. The van der Waals surface area contributed by atoms with E-state index in [0.29, 0.717) is 31.2 Å². The summed E-state index contributed by atoms with van der Waals surface area (Å²) in [6.07, 6.45) is -3.21. The molecule has 0 fully saturated rings. The number of benzene rings is 1. The van der Waals surface area contributed by atoms with Crippen molar-refractivity contribution in [1.82, 2.24) is 10.6 Å². The maximum atomic E-state index is 12.5. The van der Waals surface area contributed by atoms with Crippen molar-refractivity contribution in [3.63, 3.8) is 0 Å². The molecule has 0 aromatic heterocycles. The molecular formula is C15H22F3N3O3S. The topological polar surface area (TPSA) is 79.8 Å². The van der Waals surface area contributed by atoms with E-state index in [2.05, 4.69) is 15.6 Å². The fourth-order valence-corrected chi connectivity index (χ4v) is 2.19. The minimum atomic E-state index is -4.35. The van der Waals surface area contributed by atoms with Crippen molar-refractivity contribution in [3.05, 3.63) is 35.4 Å². The highest BCUT2D eigenvalue weighted by atomic mass is 32.2. The minimum Gasteiger partial charge on any atom is -0.379 e. The van der Waals surface area contributed by atoms with Gasteiger partial charge < -0.3 is 15.4 Å². The zero-order valence-electron chi connectivity index (χ0n) is 14.1. The highest BCUT2D eigenvalue weighted by Crippen LogP contribution is 2.28. The molecule has 142 valence electrons. The average molecular weight is 381 g/mol. The van der Waals surface area contributed by atoms with Crippen LogP contribution in [0, 0.1) is 0 Å². The molecule has 1 aromatic rings. The van der Waals surface area contributed by atoms with Gasteiger partial charge in [-0.15, -0.1) is 0 Å². The van der Waals surface area contributed by atoms with Crippen molar-refractivity contribution in [2.24, 2.45) is 4.99 Å². The highest BCUT2D eigenvalue weighted by Gasteiger charge is 2.29. The van der Waals surface area contributed by atoms with Crippen LogP contribution in [0.25, 0.3) is 0 Å². The predicted molar refractivity (Wildman–Crippen MR) is 90.2 cm³/mol. The molecule has 0 saturated heterocycles. The molecule has 6 nitrogen and oxygen atoms in total. The number of nitrogens with zero attached hydrogens (tertiary/aromatic N) is 1. The first-order chi connectivity index (χ1) is 11.6. The molecular weight excluding hydrogens is 359 g/mol. The van der Waals surface area contributed by atoms with Crippen molar-refractivity contribution in [2.75, 3.05) is 38.8 Å². The number of guanidine groups is 1. The molecule has 0 aliphatic rings. The fraction of sp³-hybridized carbons (Fsp3) is 0.533. The second-order valence-corrected chi connectivity index (χ2v) is 7.55. The summed E-state index contributed by atoms with van der Waals surface area (Å²) in [5.74, 6) is 0.431. The van der Waals surface area contributed by atoms with Crippen LogP contribution in [-0.4, -0.2) is 53.2 Å². The smallest absolute Gasteiger partial charge is 0.379 e. The van der Waals surface area contributed by atoms with Crippen LogP contribution in [0.2, 0.25) is 0 Å². The van der Waals surface area contributed by atoms with E-state index in [-0.39, 0.29) is 12.4 Å². The molecule has 0 aliphatic carbocycles. The predicted octanol–water partition coefficient (Wildman–Crippen LogP) is 1.43. The molecule has 2 N–H and O–H groups in total. The molecule has 0 atom stereocenters. The van der Waals surface area contributed by atoms with E-state index in [0.717, 1.165) is 18.4 Å². The highest BCUT2D eigenvalue weighted by molar-refractivity contribution is 7.90. The van der Waals surface area contributed by atoms with Gasteiger partial charge in [0.1, 0.15) is 9.84 Å². The van der Waals surface area contributed by atoms with Gasteiger partial charge in [0, 0.05) is 26.4 Å². The number of sulfone groups is 1. The quantitative estimate of drug-likeness (QED) is 0.405. The number of aliphatic imine (C=N–C) groups is 1. The lowest BCUT2D eigenvalue weighted by atomic mass is 10.1. The molecule has 0 saturated carbocycles. The third-order valence-electron chi connectivity index (χ3n) is 3.10. The van der Waals surface area contributed by atoms with Crippen molar-refractivity contribution in [3.8, 4) is 0 Å². The summed E-state index contributed by atoms with van der Waals surface area (Å²) in [6, 6.07) is 4.86. The Balaban J connectivity index is 2.30. The third kappa shape index (κ3) is 9.30. The molecule has 0 unspecified atom stereocenters. The van der Waals surface area contributed by atoms with Gasteiger partial charge in [0.15, 0.2) is 5.96 Å². The molecule has 1 aromatic carbocycles. The van der Waals surface area contributed by atoms with E-state index in [9.17, 15) is 21.6 Å². The van der Waals surface area contributed by atoms with Crippen LogP contribution >= 0.6 is 0 Å². The Hall–Kier alpha value is -1.81. The number of hydrogen-bond donors (Lipinski definition) is 2. The number of nitrogens with one attached hydrogen (secondary N) is 2. The van der Waals surface area contributed by atoms with Gasteiger partial charge >= 0.3 is 6.18 Å². The van der Waals surface area contributed by atoms with Gasteiger partial charge in [-0.3, -0.25) is 4.99 Å². The van der Waals surface area contributed by atoms with Crippen molar-refractivity contribution in [1.29, 1.82) is 0 Å². The molecule has 0 bridgehead atoms. The second kappa shape index (κ2) is 9.62. The summed E-state index contributed by atoms with van der Waals surface area (Å²) >= 11 is 0. The van der Waals surface area contributed by atoms with E-state index in [1.165, 1.54) is 12.1 Å². The van der Waals surface area contributed by atoms with Gasteiger partial charge in [0.05, 0.1) is 24.5 Å². The van der Waals surface area contributed by atoms with Crippen LogP contribution in [0.3, 0.4) is 0 Å². The Kier molecular flexibility index (Phi) is 8.17. The van der Waals surface area contributed by atoms with Crippen LogP contribution in [0.1, 0.15) is 11.1 Å². The van der Waals surface area contributed by atoms with Crippen LogP contribution in [0.15, 0.2) is 29.3 Å². The van der Waals surface area contributed by atoms with Crippen LogP contribution in [0.4, 0.5) is 13.2 Å². The monoisotopic (exact) mass is 381 g/mol. The minimum absolute atomic E-state index is 0.0338. The fourth-order valence-electron chi connectivity index (χ4n) is 1.77. The maximum Gasteiger partial charge on any atom is 0.416 e. The largest absolute Gasteiger partial charge is 0.416 e. The Bertz CT molecular complexity index is 659. The molecule has 1 rings (SSSR count). The molecule has 25 heavy (non-hydrogen) atoms. The van der Waals surface area contributed by atoms with Gasteiger partial charge in [-0.25, -0.2) is 8.42 Å². The van der Waals surface area contributed by atoms with Crippen LogP contribution in [-0.2, 0) is 27.3 Å². The molecule has 10 heteroatoms. The lowest BCUT2D eigenvalue weighted by molar-refractivity contribution is -0.137. The van der Waals surface area contributed by atoms with Gasteiger partial charge in [-0.1, -0.05) is 12.1 Å². The number of hydrogen-bond acceptors (Lipinski definition) is 4. The lowest BCUT2D eigenvalue weighted by Crippen LogP contribution is -2.38. The summed E-state index contributed by atoms with van der Waals surface area (Å²) in [6.45, 7) is 1.15. The number of halogens is 3. The summed E-state index contributed by atoms with van der Waals surface area (Å²) in [5, 5.41) is 5.92. The zero-order chi connectivity index (χ0) is 18.9. The second-order valence-electron chi connectivity index (χ2n) is 5.29. The number of alkyl halides is 3. The molecule has 0 heterocycles. The zero-order valence-corrected chi connectivity index (χ0v) is 14.9. The standard InChI is InChI=1S/C15H22F3N3O3S/c1-19-14(20-7-8-24-9-10-25(2,22)23)21-11-12-3-5-13(6-4-12)15(16,17)18/h3-6H,7-11H2,1-2H3,(H2,19,20,21).